The van der Waals surface area contributed by atoms with Crippen LogP contribution in [0.4, 0.5) is 0 Å². The summed E-state index contributed by atoms with van der Waals surface area (Å²) < 4.78 is 0. The van der Waals surface area contributed by atoms with E-state index in [4.69, 9.17) is 10.2 Å². The molecule has 0 saturated heterocycles. The van der Waals surface area contributed by atoms with Gasteiger partial charge in [-0.1, -0.05) is 6.07 Å². The second kappa shape index (κ2) is 4.15. The molecule has 0 amide bonds. The molecule has 0 fully saturated rings. The maximum atomic E-state index is 10.7. The topological polar surface area (TPSA) is 74.6 Å². The normalized spacial score (nSPS) is 9.79. The summed E-state index contributed by atoms with van der Waals surface area (Å²) in [5, 5.41) is 17.3. The molecule has 0 atom stereocenters. The van der Waals surface area contributed by atoms with E-state index in [-0.39, 0.29) is 17.5 Å². The maximum Gasteiger partial charge on any atom is 0.336 e. The van der Waals surface area contributed by atoms with Crippen LogP contribution in [0.1, 0.15) is 15.9 Å². The molecule has 0 aliphatic rings. The Balaban J connectivity index is 3.22. The minimum atomic E-state index is -1.14. The fourth-order valence-electron chi connectivity index (χ4n) is 1.11. The highest BCUT2D eigenvalue weighted by atomic mass is 32.1. The van der Waals surface area contributed by atoms with Gasteiger partial charge in [-0.3, -0.25) is 4.79 Å². The Bertz CT molecular complexity index is 386. The van der Waals surface area contributed by atoms with Crippen LogP contribution in [0.3, 0.4) is 0 Å². The van der Waals surface area contributed by atoms with E-state index in [1.54, 1.807) is 6.07 Å². The van der Waals surface area contributed by atoms with Crippen molar-refractivity contribution in [1.29, 1.82) is 0 Å². The molecule has 0 aromatic heterocycles. The molecule has 74 valence electrons. The minimum absolute atomic E-state index is 0.0140. The van der Waals surface area contributed by atoms with Crippen molar-refractivity contribution in [2.75, 3.05) is 0 Å². The molecule has 0 bridgehead atoms. The fraction of sp³-hybridized carbons (Fsp3) is 0.111. The number of rotatable bonds is 3. The summed E-state index contributed by atoms with van der Waals surface area (Å²) in [6.07, 6.45) is -0.332. The van der Waals surface area contributed by atoms with E-state index in [1.807, 2.05) is 0 Å². The van der Waals surface area contributed by atoms with Crippen LogP contribution in [0.25, 0.3) is 0 Å². The third-order valence-electron chi connectivity index (χ3n) is 1.71. The van der Waals surface area contributed by atoms with Crippen LogP contribution in [0.5, 0.6) is 0 Å². The van der Waals surface area contributed by atoms with Crippen molar-refractivity contribution in [2.24, 2.45) is 0 Å². The number of carboxylic acid groups (broad SMARTS) is 2. The van der Waals surface area contributed by atoms with E-state index in [0.717, 1.165) is 0 Å². The molecule has 5 heteroatoms. The van der Waals surface area contributed by atoms with Crippen LogP contribution < -0.4 is 0 Å². The van der Waals surface area contributed by atoms with E-state index < -0.39 is 11.9 Å². The highest BCUT2D eigenvalue weighted by molar-refractivity contribution is 7.80. The Morgan fingerprint density at radius 3 is 2.43 bits per heavy atom. The van der Waals surface area contributed by atoms with Crippen LogP contribution in [0.2, 0.25) is 0 Å². The van der Waals surface area contributed by atoms with Crippen molar-refractivity contribution < 1.29 is 19.8 Å². The van der Waals surface area contributed by atoms with Gasteiger partial charge in [-0.25, -0.2) is 4.79 Å². The van der Waals surface area contributed by atoms with Gasteiger partial charge >= 0.3 is 11.9 Å². The number of hydrogen-bond acceptors (Lipinski definition) is 3. The predicted molar refractivity (Wildman–Crippen MR) is 52.0 cm³/mol. The lowest BCUT2D eigenvalue weighted by Crippen LogP contribution is -2.08. The Morgan fingerprint density at radius 2 is 1.93 bits per heavy atom. The first kappa shape index (κ1) is 10.6. The Kier molecular flexibility index (Phi) is 3.14. The summed E-state index contributed by atoms with van der Waals surface area (Å²) in [7, 11) is 0. The molecule has 0 saturated carbocycles. The molecule has 1 aromatic carbocycles. The van der Waals surface area contributed by atoms with Crippen LogP contribution >= 0.6 is 12.6 Å². The number of aliphatic carboxylic acids is 1. The highest BCUT2D eigenvalue weighted by Crippen LogP contribution is 2.19. The number of benzene rings is 1. The number of aromatic carboxylic acids is 1. The lowest BCUT2D eigenvalue weighted by atomic mass is 10.0. The van der Waals surface area contributed by atoms with Gasteiger partial charge in [0.2, 0.25) is 0 Å². The van der Waals surface area contributed by atoms with E-state index in [2.05, 4.69) is 12.6 Å². The lowest BCUT2D eigenvalue weighted by molar-refractivity contribution is -0.136. The first-order valence-electron chi connectivity index (χ1n) is 3.78. The van der Waals surface area contributed by atoms with Crippen molar-refractivity contribution in [2.45, 2.75) is 11.3 Å². The Hall–Kier alpha value is -1.49. The first-order chi connectivity index (χ1) is 6.52. The largest absolute Gasteiger partial charge is 0.481 e. The summed E-state index contributed by atoms with van der Waals surface area (Å²) in [5.74, 6) is -2.22. The van der Waals surface area contributed by atoms with E-state index in [1.165, 1.54) is 12.1 Å². The van der Waals surface area contributed by atoms with Gasteiger partial charge in [0, 0.05) is 4.90 Å². The standard InChI is InChI=1S/C9H8O4S/c10-8(11)4-6-5(9(12)13)2-1-3-7(6)14/h1-3,14H,4H2,(H,10,11)(H,12,13). The molecule has 0 radical (unpaired) electrons. The van der Waals surface area contributed by atoms with Crippen LogP contribution in [0.15, 0.2) is 23.1 Å². The number of thiol groups is 1. The summed E-state index contributed by atoms with van der Waals surface area (Å²) in [6, 6.07) is 4.45. The molecule has 0 heterocycles. The first-order valence-corrected chi connectivity index (χ1v) is 4.23. The van der Waals surface area contributed by atoms with E-state index in [0.29, 0.717) is 4.90 Å². The Labute approximate surface area is 85.6 Å². The second-order valence-electron chi connectivity index (χ2n) is 2.68. The SMILES string of the molecule is O=C(O)Cc1c(S)cccc1C(=O)O. The van der Waals surface area contributed by atoms with Gasteiger partial charge in [-0.15, -0.1) is 12.6 Å². The molecule has 1 aromatic rings. The van der Waals surface area contributed by atoms with Crippen molar-refractivity contribution in [3.8, 4) is 0 Å². The maximum absolute atomic E-state index is 10.7. The summed E-state index contributed by atoms with van der Waals surface area (Å²) in [6.45, 7) is 0. The highest BCUT2D eigenvalue weighted by Gasteiger charge is 2.14. The number of carboxylic acids is 2. The zero-order valence-electron chi connectivity index (χ0n) is 7.10. The van der Waals surface area contributed by atoms with Crippen molar-refractivity contribution in [3.05, 3.63) is 29.3 Å². The molecule has 0 spiro atoms. The van der Waals surface area contributed by atoms with Crippen LogP contribution in [-0.4, -0.2) is 22.2 Å². The smallest absolute Gasteiger partial charge is 0.336 e. The number of hydrogen-bond donors (Lipinski definition) is 3. The van der Waals surface area contributed by atoms with Gasteiger partial charge < -0.3 is 10.2 Å². The van der Waals surface area contributed by atoms with Crippen molar-refractivity contribution >= 4 is 24.6 Å². The molecule has 0 unspecified atom stereocenters. The molecule has 4 nitrogen and oxygen atoms in total. The second-order valence-corrected chi connectivity index (χ2v) is 3.16. The third kappa shape index (κ3) is 2.26. The molecule has 2 N–H and O–H groups in total. The lowest BCUT2D eigenvalue weighted by Gasteiger charge is -2.05. The van der Waals surface area contributed by atoms with Gasteiger partial charge in [0.15, 0.2) is 0 Å². The van der Waals surface area contributed by atoms with Gasteiger partial charge in [0.25, 0.3) is 0 Å². The van der Waals surface area contributed by atoms with Crippen LogP contribution in [-0.2, 0) is 11.2 Å². The number of carbonyl (C=O) groups is 2. The van der Waals surface area contributed by atoms with Gasteiger partial charge in [-0.2, -0.15) is 0 Å². The van der Waals surface area contributed by atoms with E-state index in [9.17, 15) is 9.59 Å². The van der Waals surface area contributed by atoms with Gasteiger partial charge in [0.1, 0.15) is 0 Å². The zero-order chi connectivity index (χ0) is 10.7. The third-order valence-corrected chi connectivity index (χ3v) is 2.13. The quantitative estimate of drug-likeness (QED) is 0.660. The van der Waals surface area contributed by atoms with Crippen molar-refractivity contribution in [3.63, 3.8) is 0 Å². The van der Waals surface area contributed by atoms with Crippen LogP contribution in [0, 0.1) is 0 Å². The van der Waals surface area contributed by atoms with Gasteiger partial charge in [-0.05, 0) is 17.7 Å². The van der Waals surface area contributed by atoms with Gasteiger partial charge in [0.05, 0.1) is 12.0 Å². The summed E-state index contributed by atoms with van der Waals surface area (Å²) in [4.78, 5) is 21.6. The summed E-state index contributed by atoms with van der Waals surface area (Å²) >= 11 is 4.01. The Morgan fingerprint density at radius 1 is 1.29 bits per heavy atom. The zero-order valence-corrected chi connectivity index (χ0v) is 7.99. The predicted octanol–water partition coefficient (Wildman–Crippen LogP) is 1.30. The minimum Gasteiger partial charge on any atom is -0.481 e. The van der Waals surface area contributed by atoms with E-state index >= 15 is 0 Å². The molecule has 14 heavy (non-hydrogen) atoms. The molecular formula is C9H8O4S. The average Bonchev–Trinajstić information content (AvgIpc) is 2.07. The van der Waals surface area contributed by atoms with Crippen molar-refractivity contribution in [1.82, 2.24) is 0 Å². The average molecular weight is 212 g/mol. The monoisotopic (exact) mass is 212 g/mol. The fourth-order valence-corrected chi connectivity index (χ4v) is 1.40. The molecule has 1 rings (SSSR count). The summed E-state index contributed by atoms with van der Waals surface area (Å²) in [5.41, 5.74) is 0.218. The molecule has 0 aliphatic heterocycles. The molecule has 0 aliphatic carbocycles. The molecular weight excluding hydrogens is 204 g/mol.